The van der Waals surface area contributed by atoms with E-state index in [2.05, 4.69) is 0 Å². The Morgan fingerprint density at radius 1 is 1.41 bits per heavy atom. The monoisotopic (exact) mass is 235 g/mol. The Hall–Kier alpha value is -1.84. The number of benzene rings is 1. The number of carboxylic acids is 1. The molecular formula is C13H15O4. The van der Waals surface area contributed by atoms with E-state index in [0.29, 0.717) is 6.61 Å². The summed E-state index contributed by atoms with van der Waals surface area (Å²) in [6.45, 7) is 4.12. The van der Waals surface area contributed by atoms with E-state index in [4.69, 9.17) is 9.84 Å². The largest absolute Gasteiger partial charge is 0.478 e. The Labute approximate surface area is 100 Å². The van der Waals surface area contributed by atoms with Gasteiger partial charge in [-0.2, -0.15) is 0 Å². The minimum atomic E-state index is -1.06. The van der Waals surface area contributed by atoms with Crippen molar-refractivity contribution < 1.29 is 19.4 Å². The fraction of sp³-hybridized carbons (Fsp3) is 0.308. The molecule has 1 aromatic rings. The summed E-state index contributed by atoms with van der Waals surface area (Å²) in [5, 5.41) is 8.79. The van der Waals surface area contributed by atoms with E-state index in [1.165, 1.54) is 24.3 Å². The average molecular weight is 235 g/mol. The van der Waals surface area contributed by atoms with Crippen molar-refractivity contribution in [1.82, 2.24) is 0 Å². The number of carboxylic acid groups (broad SMARTS) is 1. The Balaban J connectivity index is 2.69. The van der Waals surface area contributed by atoms with E-state index >= 15 is 0 Å². The highest BCUT2D eigenvalue weighted by Gasteiger charge is 2.11. The lowest BCUT2D eigenvalue weighted by atomic mass is 10.1. The van der Waals surface area contributed by atoms with Gasteiger partial charge in [0.15, 0.2) is 0 Å². The molecule has 0 aliphatic carbocycles. The lowest BCUT2D eigenvalue weighted by Crippen LogP contribution is -2.12. The van der Waals surface area contributed by atoms with Gasteiger partial charge in [0.05, 0.1) is 17.7 Å². The molecule has 1 N–H and O–H groups in total. The van der Waals surface area contributed by atoms with Crippen LogP contribution in [0.2, 0.25) is 0 Å². The van der Waals surface area contributed by atoms with Gasteiger partial charge in [0.2, 0.25) is 0 Å². The molecule has 1 rings (SSSR count). The van der Waals surface area contributed by atoms with Crippen molar-refractivity contribution in [1.29, 1.82) is 0 Å². The number of hydrogen-bond acceptors (Lipinski definition) is 3. The Kier molecular flexibility index (Phi) is 4.69. The number of esters is 1. The highest BCUT2D eigenvalue weighted by molar-refractivity contribution is 5.94. The predicted molar refractivity (Wildman–Crippen MR) is 62.8 cm³/mol. The summed E-state index contributed by atoms with van der Waals surface area (Å²) in [4.78, 5) is 22.3. The van der Waals surface area contributed by atoms with E-state index in [0.717, 1.165) is 0 Å². The van der Waals surface area contributed by atoms with Gasteiger partial charge in [0, 0.05) is 0 Å². The van der Waals surface area contributed by atoms with Gasteiger partial charge in [-0.05, 0) is 30.5 Å². The number of rotatable bonds is 5. The first kappa shape index (κ1) is 13.2. The summed E-state index contributed by atoms with van der Waals surface area (Å²) in [7, 11) is 0. The van der Waals surface area contributed by atoms with Crippen LogP contribution in [0.15, 0.2) is 24.3 Å². The fourth-order valence-corrected chi connectivity index (χ4v) is 1.17. The number of ether oxygens (including phenoxy) is 1. The molecule has 0 aromatic heterocycles. The first-order valence-corrected chi connectivity index (χ1v) is 5.34. The summed E-state index contributed by atoms with van der Waals surface area (Å²) in [5.74, 6) is -1.38. The number of aromatic carboxylic acids is 1. The highest BCUT2D eigenvalue weighted by atomic mass is 16.5. The minimum absolute atomic E-state index is 0.0783. The second-order valence-electron chi connectivity index (χ2n) is 3.80. The Bertz CT molecular complexity index is 412. The standard InChI is InChI=1S/C13H15O4/c1-3-9(2)8-17-13(16)11-6-4-5-10(7-11)12(14)15/h3-7,9H,8H2,1-2H3,(H,14,15). The highest BCUT2D eigenvalue weighted by Crippen LogP contribution is 2.08. The molecule has 0 heterocycles. The van der Waals surface area contributed by atoms with E-state index < -0.39 is 11.9 Å². The first-order chi connectivity index (χ1) is 8.04. The van der Waals surface area contributed by atoms with Crippen molar-refractivity contribution >= 4 is 11.9 Å². The molecule has 0 spiro atoms. The summed E-state index contributed by atoms with van der Waals surface area (Å²) < 4.78 is 5.05. The third-order valence-electron chi connectivity index (χ3n) is 2.39. The van der Waals surface area contributed by atoms with Crippen molar-refractivity contribution in [3.8, 4) is 0 Å². The number of carbonyl (C=O) groups is 2. The van der Waals surface area contributed by atoms with Gasteiger partial charge in [-0.25, -0.2) is 9.59 Å². The summed E-state index contributed by atoms with van der Waals surface area (Å²) in [5.41, 5.74) is 0.336. The Morgan fingerprint density at radius 2 is 2.06 bits per heavy atom. The zero-order valence-electron chi connectivity index (χ0n) is 9.84. The molecule has 4 nitrogen and oxygen atoms in total. The molecular weight excluding hydrogens is 220 g/mol. The van der Waals surface area contributed by atoms with Crippen LogP contribution in [0.5, 0.6) is 0 Å². The minimum Gasteiger partial charge on any atom is -0.478 e. The lowest BCUT2D eigenvalue weighted by molar-refractivity contribution is 0.0466. The van der Waals surface area contributed by atoms with Gasteiger partial charge in [-0.3, -0.25) is 0 Å². The molecule has 0 aliphatic heterocycles. The molecule has 1 aromatic carbocycles. The SMILES string of the molecule is C[CH]C(C)COC(=O)c1cccc(C(=O)O)c1. The van der Waals surface area contributed by atoms with Crippen LogP contribution in [-0.4, -0.2) is 23.7 Å². The smallest absolute Gasteiger partial charge is 0.338 e. The van der Waals surface area contributed by atoms with Crippen LogP contribution in [0.4, 0.5) is 0 Å². The van der Waals surface area contributed by atoms with Crippen LogP contribution in [-0.2, 0) is 4.74 Å². The fourth-order valence-electron chi connectivity index (χ4n) is 1.17. The topological polar surface area (TPSA) is 63.6 Å². The molecule has 0 saturated carbocycles. The predicted octanol–water partition coefficient (Wildman–Crippen LogP) is 2.40. The quantitative estimate of drug-likeness (QED) is 0.796. The van der Waals surface area contributed by atoms with E-state index in [-0.39, 0.29) is 17.0 Å². The van der Waals surface area contributed by atoms with Crippen LogP contribution in [0.3, 0.4) is 0 Å². The van der Waals surface area contributed by atoms with Crippen LogP contribution in [0.1, 0.15) is 34.6 Å². The van der Waals surface area contributed by atoms with Crippen molar-refractivity contribution in [3.63, 3.8) is 0 Å². The van der Waals surface area contributed by atoms with E-state index in [9.17, 15) is 9.59 Å². The normalized spacial score (nSPS) is 11.9. The van der Waals surface area contributed by atoms with E-state index in [1.807, 2.05) is 20.3 Å². The molecule has 0 bridgehead atoms. The summed E-state index contributed by atoms with van der Waals surface area (Å²) in [6.07, 6.45) is 1.93. The van der Waals surface area contributed by atoms with Crippen molar-refractivity contribution in [2.24, 2.45) is 5.92 Å². The summed E-state index contributed by atoms with van der Waals surface area (Å²) >= 11 is 0. The third-order valence-corrected chi connectivity index (χ3v) is 2.39. The van der Waals surface area contributed by atoms with Crippen molar-refractivity contribution in [2.75, 3.05) is 6.61 Å². The maximum atomic E-state index is 11.6. The van der Waals surface area contributed by atoms with Gasteiger partial charge >= 0.3 is 11.9 Å². The molecule has 0 fully saturated rings. The molecule has 4 heteroatoms. The van der Waals surface area contributed by atoms with Gasteiger partial charge in [-0.1, -0.05) is 19.9 Å². The molecule has 0 aliphatic rings. The van der Waals surface area contributed by atoms with Gasteiger partial charge in [-0.15, -0.1) is 0 Å². The lowest BCUT2D eigenvalue weighted by Gasteiger charge is -2.09. The molecule has 17 heavy (non-hydrogen) atoms. The zero-order chi connectivity index (χ0) is 12.8. The van der Waals surface area contributed by atoms with E-state index in [1.54, 1.807) is 0 Å². The Morgan fingerprint density at radius 3 is 2.65 bits per heavy atom. The maximum absolute atomic E-state index is 11.6. The average Bonchev–Trinajstić information content (AvgIpc) is 2.35. The molecule has 1 radical (unpaired) electrons. The second-order valence-corrected chi connectivity index (χ2v) is 3.80. The zero-order valence-corrected chi connectivity index (χ0v) is 9.84. The number of hydrogen-bond donors (Lipinski definition) is 1. The first-order valence-electron chi connectivity index (χ1n) is 5.34. The molecule has 91 valence electrons. The molecule has 0 saturated heterocycles. The molecule has 1 unspecified atom stereocenters. The second kappa shape index (κ2) is 6.03. The van der Waals surface area contributed by atoms with Crippen LogP contribution in [0.25, 0.3) is 0 Å². The maximum Gasteiger partial charge on any atom is 0.338 e. The molecule has 0 amide bonds. The summed E-state index contributed by atoms with van der Waals surface area (Å²) in [6, 6.07) is 5.80. The van der Waals surface area contributed by atoms with Gasteiger partial charge in [0.1, 0.15) is 0 Å². The third kappa shape index (κ3) is 3.90. The van der Waals surface area contributed by atoms with Crippen LogP contribution < -0.4 is 0 Å². The van der Waals surface area contributed by atoms with Gasteiger partial charge in [0.25, 0.3) is 0 Å². The van der Waals surface area contributed by atoms with Gasteiger partial charge < -0.3 is 9.84 Å². The van der Waals surface area contributed by atoms with Crippen LogP contribution in [0, 0.1) is 12.3 Å². The van der Waals surface area contributed by atoms with Crippen molar-refractivity contribution in [3.05, 3.63) is 41.8 Å². The van der Waals surface area contributed by atoms with Crippen molar-refractivity contribution in [2.45, 2.75) is 13.8 Å². The number of carbonyl (C=O) groups excluding carboxylic acids is 1. The molecule has 1 atom stereocenters. The van der Waals surface area contributed by atoms with Crippen LogP contribution >= 0.6 is 0 Å².